The number of methoxy groups -OCH3 is 1. The van der Waals surface area contributed by atoms with Crippen molar-refractivity contribution < 1.29 is 23.7 Å². The van der Waals surface area contributed by atoms with Crippen LogP contribution >= 0.6 is 11.8 Å². The molecule has 0 aromatic heterocycles. The van der Waals surface area contributed by atoms with Gasteiger partial charge in [-0.3, -0.25) is 4.79 Å². The zero-order valence-electron chi connectivity index (χ0n) is 16.5. The smallest absolute Gasteiger partial charge is 0.258 e. The summed E-state index contributed by atoms with van der Waals surface area (Å²) in [5.41, 5.74) is 1.04. The van der Waals surface area contributed by atoms with Crippen molar-refractivity contribution in [3.05, 3.63) is 47.6 Å². The average Bonchev–Trinajstić information content (AvgIpc) is 2.91. The van der Waals surface area contributed by atoms with E-state index in [2.05, 4.69) is 24.6 Å². The van der Waals surface area contributed by atoms with E-state index in [0.717, 1.165) is 16.2 Å². The molecule has 1 atom stereocenters. The van der Waals surface area contributed by atoms with E-state index in [1.54, 1.807) is 24.9 Å². The molecule has 0 radical (unpaired) electrons. The van der Waals surface area contributed by atoms with Gasteiger partial charge in [-0.1, -0.05) is 30.9 Å². The van der Waals surface area contributed by atoms with Gasteiger partial charge in [0.05, 0.1) is 37.8 Å². The number of thioether (sulfide) groups is 1. The van der Waals surface area contributed by atoms with E-state index in [1.165, 1.54) is 0 Å². The number of amides is 1. The van der Waals surface area contributed by atoms with Gasteiger partial charge in [0.15, 0.2) is 6.61 Å². The average molecular weight is 398 g/mol. The van der Waals surface area contributed by atoms with Crippen LogP contribution in [0.5, 0.6) is 0 Å². The Morgan fingerprint density at radius 2 is 1.93 bits per heavy atom. The molecule has 0 saturated heterocycles. The Balaban J connectivity index is 2.24. The van der Waals surface area contributed by atoms with E-state index in [9.17, 15) is 4.79 Å². The summed E-state index contributed by atoms with van der Waals surface area (Å²) in [5, 5.41) is 2.77. The van der Waals surface area contributed by atoms with E-state index in [-0.39, 0.29) is 17.3 Å². The van der Waals surface area contributed by atoms with Gasteiger partial charge in [-0.2, -0.15) is 0 Å². The molecule has 1 unspecified atom stereocenters. The van der Waals surface area contributed by atoms with Crippen molar-refractivity contribution in [2.75, 3.05) is 53.3 Å². The van der Waals surface area contributed by atoms with Gasteiger partial charge in [0.25, 0.3) is 5.91 Å². The van der Waals surface area contributed by atoms with Crippen LogP contribution in [0, 0.1) is 0 Å². The second-order valence-corrected chi connectivity index (χ2v) is 7.71. The van der Waals surface area contributed by atoms with Crippen molar-refractivity contribution in [1.29, 1.82) is 0 Å². The van der Waals surface area contributed by atoms with Gasteiger partial charge >= 0.3 is 0 Å². The van der Waals surface area contributed by atoms with Crippen LogP contribution in [0.15, 0.2) is 47.6 Å². The molecule has 1 N–H and O–H groups in total. The maximum atomic E-state index is 12.0. The molecule has 0 spiro atoms. The van der Waals surface area contributed by atoms with E-state index in [4.69, 9.17) is 18.9 Å². The molecule has 1 rings (SSSR count). The van der Waals surface area contributed by atoms with Gasteiger partial charge in [0.1, 0.15) is 5.76 Å². The second-order valence-electron chi connectivity index (χ2n) is 6.13. The van der Waals surface area contributed by atoms with Crippen LogP contribution in [0.1, 0.15) is 13.8 Å². The lowest BCUT2D eigenvalue weighted by Crippen LogP contribution is -2.32. The fourth-order valence-electron chi connectivity index (χ4n) is 2.34. The third-order valence-electron chi connectivity index (χ3n) is 3.68. The van der Waals surface area contributed by atoms with Crippen molar-refractivity contribution >= 4 is 17.7 Å². The second kappa shape index (κ2) is 12.8. The number of hydrogen-bond acceptors (Lipinski definition) is 6. The number of allylic oxidation sites excluding steroid dienone is 3. The normalized spacial score (nSPS) is 19.7. The highest BCUT2D eigenvalue weighted by atomic mass is 32.2. The number of carbonyl (C=O) groups is 1. The van der Waals surface area contributed by atoms with Gasteiger partial charge in [0, 0.05) is 18.6 Å². The third-order valence-corrected chi connectivity index (χ3v) is 4.80. The molecule has 0 saturated carbocycles. The molecular formula is C20H31NO5S. The first-order chi connectivity index (χ1) is 12.9. The fourth-order valence-corrected chi connectivity index (χ4v) is 3.52. The van der Waals surface area contributed by atoms with E-state index < -0.39 is 0 Å². The van der Waals surface area contributed by atoms with Crippen molar-refractivity contribution in [3.63, 3.8) is 0 Å². The predicted molar refractivity (Wildman–Crippen MR) is 110 cm³/mol. The molecule has 6 nitrogen and oxygen atoms in total. The summed E-state index contributed by atoms with van der Waals surface area (Å²) in [5.74, 6) is 0.531. The maximum absolute atomic E-state index is 12.0. The van der Waals surface area contributed by atoms with Gasteiger partial charge in [-0.05, 0) is 19.9 Å². The van der Waals surface area contributed by atoms with Crippen LogP contribution in [-0.4, -0.2) is 64.0 Å². The number of rotatable bonds is 14. The molecule has 0 aromatic carbocycles. The summed E-state index contributed by atoms with van der Waals surface area (Å²) in [4.78, 5) is 12.9. The van der Waals surface area contributed by atoms with Gasteiger partial charge in [-0.15, -0.1) is 11.8 Å². The summed E-state index contributed by atoms with van der Waals surface area (Å²) in [6.45, 7) is 14.7. The lowest BCUT2D eigenvalue weighted by Gasteiger charge is -2.23. The highest BCUT2D eigenvalue weighted by Gasteiger charge is 2.35. The fraction of sp³-hybridized carbons (Fsp3) is 0.550. The molecule has 1 aliphatic rings. The molecule has 0 fully saturated rings. The number of carbonyl (C=O) groups excluding carboxylic acids is 1. The summed E-state index contributed by atoms with van der Waals surface area (Å²) >= 11 is 1.60. The lowest BCUT2D eigenvalue weighted by molar-refractivity contribution is -0.124. The van der Waals surface area contributed by atoms with Crippen LogP contribution in [0.4, 0.5) is 0 Å². The summed E-state index contributed by atoms with van der Waals surface area (Å²) in [7, 11) is 1.63. The van der Waals surface area contributed by atoms with Crippen molar-refractivity contribution in [1.82, 2.24) is 5.32 Å². The molecule has 0 aromatic rings. The quantitative estimate of drug-likeness (QED) is 0.359. The van der Waals surface area contributed by atoms with Crippen molar-refractivity contribution in [2.45, 2.75) is 18.6 Å². The SMILES string of the molecule is C=C/C(C)=C/C1(C)SC(=C)C=C1OCC(=O)NCCOCCOCCOC. The first kappa shape index (κ1) is 23.5. The Hall–Kier alpha value is -1.54. The minimum atomic E-state index is -0.373. The molecule has 1 aliphatic heterocycles. The van der Waals surface area contributed by atoms with Crippen LogP contribution in [0.2, 0.25) is 0 Å². The zero-order chi connectivity index (χ0) is 20.1. The Morgan fingerprint density at radius 3 is 2.59 bits per heavy atom. The summed E-state index contributed by atoms with van der Waals surface area (Å²) < 4.78 is 20.9. The first-order valence-electron chi connectivity index (χ1n) is 8.87. The molecule has 152 valence electrons. The molecular weight excluding hydrogens is 366 g/mol. The molecule has 1 amide bonds. The standard InChI is InChI=1S/C20H31NO5S/c1-6-16(2)14-20(4)18(13-17(3)27-20)26-15-19(22)21-7-8-24-11-12-25-10-9-23-5/h6,13-14H,1,3,7-12,15H2,2,4-5H3,(H,21,22)/b16-14+. The first-order valence-corrected chi connectivity index (χ1v) is 9.69. The van der Waals surface area contributed by atoms with Crippen LogP contribution in [0.25, 0.3) is 0 Å². The Labute approximate surface area is 166 Å². The van der Waals surface area contributed by atoms with Crippen molar-refractivity contribution in [2.24, 2.45) is 0 Å². The van der Waals surface area contributed by atoms with Crippen LogP contribution < -0.4 is 5.32 Å². The van der Waals surface area contributed by atoms with E-state index >= 15 is 0 Å². The zero-order valence-corrected chi connectivity index (χ0v) is 17.4. The summed E-state index contributed by atoms with van der Waals surface area (Å²) in [6, 6.07) is 0. The van der Waals surface area contributed by atoms with Gasteiger partial charge < -0.3 is 24.3 Å². The minimum absolute atomic E-state index is 0.0453. The molecule has 27 heavy (non-hydrogen) atoms. The Bertz CT molecular complexity index is 573. The van der Waals surface area contributed by atoms with Gasteiger partial charge in [-0.25, -0.2) is 0 Å². The number of ether oxygens (including phenoxy) is 4. The molecule has 7 heteroatoms. The predicted octanol–water partition coefficient (Wildman–Crippen LogP) is 2.83. The Morgan fingerprint density at radius 1 is 1.26 bits per heavy atom. The van der Waals surface area contributed by atoms with E-state index in [0.29, 0.717) is 39.6 Å². The largest absolute Gasteiger partial charge is 0.486 e. The highest BCUT2D eigenvalue weighted by Crippen LogP contribution is 2.46. The molecule has 0 aliphatic carbocycles. The minimum Gasteiger partial charge on any atom is -0.486 e. The molecule has 0 bridgehead atoms. The monoisotopic (exact) mass is 397 g/mol. The highest BCUT2D eigenvalue weighted by molar-refractivity contribution is 8.05. The number of hydrogen-bond donors (Lipinski definition) is 1. The topological polar surface area (TPSA) is 66.0 Å². The third kappa shape index (κ3) is 9.28. The van der Waals surface area contributed by atoms with Gasteiger partial charge in [0.2, 0.25) is 0 Å². The lowest BCUT2D eigenvalue weighted by atomic mass is 10.0. The molecule has 1 heterocycles. The van der Waals surface area contributed by atoms with Crippen molar-refractivity contribution in [3.8, 4) is 0 Å². The number of nitrogens with one attached hydrogen (secondary N) is 1. The van der Waals surface area contributed by atoms with E-state index in [1.807, 2.05) is 19.9 Å². The maximum Gasteiger partial charge on any atom is 0.258 e. The van der Waals surface area contributed by atoms with Crippen LogP contribution in [-0.2, 0) is 23.7 Å². The Kier molecular flexibility index (Phi) is 11.1. The van der Waals surface area contributed by atoms with Crippen LogP contribution in [0.3, 0.4) is 0 Å². The summed E-state index contributed by atoms with van der Waals surface area (Å²) in [6.07, 6.45) is 5.73.